The van der Waals surface area contributed by atoms with E-state index in [9.17, 15) is 14.9 Å². The largest absolute Gasteiger partial charge is 0.462 e. The van der Waals surface area contributed by atoms with Crippen LogP contribution in [0.2, 0.25) is 0 Å². The molecular weight excluding hydrogens is 186 g/mol. The number of carbonyl (C=O) groups excluding carboxylic acids is 1. The molecule has 0 N–H and O–H groups in total. The highest BCUT2D eigenvalue weighted by atomic mass is 16.6. The second-order valence-corrected chi connectivity index (χ2v) is 2.35. The van der Waals surface area contributed by atoms with Gasteiger partial charge in [0.05, 0.1) is 19.8 Å². The third-order valence-electron chi connectivity index (χ3n) is 1.42. The lowest BCUT2D eigenvalue weighted by Crippen LogP contribution is -2.04. The SMILES string of the molecule is [2H]c1cc([N+](=O)[O-])cc([2H])c1C(=O)OCC. The fraction of sp³-hybridized carbons (Fsp3) is 0.222. The Kier molecular flexibility index (Phi) is 2.33. The van der Waals surface area contributed by atoms with Crippen LogP contribution in [0.25, 0.3) is 0 Å². The molecule has 14 heavy (non-hydrogen) atoms. The van der Waals surface area contributed by atoms with Gasteiger partial charge in [-0.2, -0.15) is 0 Å². The Bertz CT molecular complexity index is 424. The summed E-state index contributed by atoms with van der Waals surface area (Å²) < 4.78 is 19.5. The van der Waals surface area contributed by atoms with Gasteiger partial charge in [0.1, 0.15) is 0 Å². The molecule has 0 fully saturated rings. The van der Waals surface area contributed by atoms with Gasteiger partial charge in [-0.05, 0) is 19.0 Å². The van der Waals surface area contributed by atoms with E-state index in [-0.39, 0.29) is 29.9 Å². The van der Waals surface area contributed by atoms with Crippen LogP contribution in [0.3, 0.4) is 0 Å². The Balaban J connectivity index is 3.22. The molecule has 74 valence electrons. The maximum atomic E-state index is 11.3. The summed E-state index contributed by atoms with van der Waals surface area (Å²) in [5.41, 5.74) is -0.643. The van der Waals surface area contributed by atoms with Crippen LogP contribution in [0.1, 0.15) is 20.0 Å². The zero-order valence-corrected chi connectivity index (χ0v) is 7.44. The van der Waals surface area contributed by atoms with Crippen LogP contribution in [-0.2, 0) is 4.74 Å². The van der Waals surface area contributed by atoms with Crippen molar-refractivity contribution in [2.75, 3.05) is 6.61 Å². The predicted octanol–water partition coefficient (Wildman–Crippen LogP) is 1.77. The normalized spacial score (nSPS) is 11.5. The molecule has 0 atom stereocenters. The van der Waals surface area contributed by atoms with Crippen LogP contribution in [0.15, 0.2) is 24.2 Å². The minimum atomic E-state index is -0.813. The highest BCUT2D eigenvalue weighted by molar-refractivity contribution is 5.89. The number of nitro groups is 1. The molecule has 0 amide bonds. The molecule has 5 heteroatoms. The van der Waals surface area contributed by atoms with Crippen LogP contribution < -0.4 is 0 Å². The average molecular weight is 197 g/mol. The van der Waals surface area contributed by atoms with E-state index in [0.29, 0.717) is 0 Å². The lowest BCUT2D eigenvalue weighted by atomic mass is 10.2. The van der Waals surface area contributed by atoms with Crippen molar-refractivity contribution in [3.8, 4) is 0 Å². The lowest BCUT2D eigenvalue weighted by Gasteiger charge is -2.00. The number of ether oxygens (including phenoxy) is 1. The molecule has 1 aromatic rings. The van der Waals surface area contributed by atoms with E-state index in [2.05, 4.69) is 4.74 Å². The van der Waals surface area contributed by atoms with Gasteiger partial charge in [-0.15, -0.1) is 0 Å². The number of esters is 1. The van der Waals surface area contributed by atoms with Crippen LogP contribution in [-0.4, -0.2) is 17.5 Å². The van der Waals surface area contributed by atoms with E-state index in [1.807, 2.05) is 0 Å². The molecule has 1 aromatic carbocycles. The van der Waals surface area contributed by atoms with Crippen LogP contribution in [0, 0.1) is 10.1 Å². The summed E-state index contributed by atoms with van der Waals surface area (Å²) in [6.45, 7) is 1.71. The van der Waals surface area contributed by atoms with Crippen molar-refractivity contribution in [1.82, 2.24) is 0 Å². The fourth-order valence-electron chi connectivity index (χ4n) is 0.802. The van der Waals surface area contributed by atoms with Gasteiger partial charge in [0.15, 0.2) is 0 Å². The summed E-state index contributed by atoms with van der Waals surface area (Å²) in [4.78, 5) is 21.1. The number of hydrogen-bond donors (Lipinski definition) is 0. The Labute approximate surface area is 83.3 Å². The minimum absolute atomic E-state index is 0.120. The van der Waals surface area contributed by atoms with Crippen LogP contribution in [0.4, 0.5) is 5.69 Å². The molecule has 0 heterocycles. The van der Waals surface area contributed by atoms with Crippen molar-refractivity contribution in [1.29, 1.82) is 0 Å². The number of non-ortho nitro benzene ring substituents is 1. The molecule has 5 nitrogen and oxygen atoms in total. The van der Waals surface area contributed by atoms with Gasteiger partial charge in [-0.3, -0.25) is 10.1 Å². The number of rotatable bonds is 3. The van der Waals surface area contributed by atoms with Gasteiger partial charge >= 0.3 is 5.97 Å². The molecule has 0 bridgehead atoms. The summed E-state index contributed by atoms with van der Waals surface area (Å²) in [5, 5.41) is 10.4. The molecule has 0 aromatic heterocycles. The number of hydrogen-bond acceptors (Lipinski definition) is 4. The van der Waals surface area contributed by atoms with E-state index in [1.54, 1.807) is 6.92 Å². The first-order valence-electron chi connectivity index (χ1n) is 4.90. The first-order chi connectivity index (χ1) is 7.47. The number of nitro benzene ring substituents is 1. The fourth-order valence-corrected chi connectivity index (χ4v) is 0.802. The zero-order chi connectivity index (χ0) is 12.3. The molecule has 0 aliphatic carbocycles. The first kappa shape index (κ1) is 7.49. The number of nitrogens with zero attached hydrogens (tertiary/aromatic N) is 1. The van der Waals surface area contributed by atoms with Gasteiger partial charge in [-0.1, -0.05) is 0 Å². The quantitative estimate of drug-likeness (QED) is 0.420. The summed E-state index contributed by atoms with van der Waals surface area (Å²) in [6, 6.07) is 1.09. The smallest absolute Gasteiger partial charge is 0.338 e. The Morgan fingerprint density at radius 2 is 2.21 bits per heavy atom. The second-order valence-electron chi connectivity index (χ2n) is 2.35. The van der Waals surface area contributed by atoms with E-state index in [0.717, 1.165) is 12.1 Å². The Morgan fingerprint density at radius 3 is 2.64 bits per heavy atom. The van der Waals surface area contributed by atoms with E-state index < -0.39 is 10.9 Å². The average Bonchev–Trinajstić information content (AvgIpc) is 2.16. The molecule has 0 radical (unpaired) electrons. The molecular formula is C9H9NO4. The van der Waals surface area contributed by atoms with Crippen LogP contribution >= 0.6 is 0 Å². The van der Waals surface area contributed by atoms with Crippen molar-refractivity contribution < 1.29 is 17.2 Å². The molecule has 0 saturated carbocycles. The molecule has 0 aliphatic heterocycles. The van der Waals surface area contributed by atoms with E-state index in [1.165, 1.54) is 0 Å². The highest BCUT2D eigenvalue weighted by Crippen LogP contribution is 2.12. The van der Waals surface area contributed by atoms with Crippen molar-refractivity contribution in [3.05, 3.63) is 39.9 Å². The standard InChI is InChI=1S/C9H9NO4/c1-2-14-9(11)7-3-5-8(6-4-7)10(12)13/h3-6H,2H2,1H3/i3D,4D. The molecule has 0 unspecified atom stereocenters. The number of benzene rings is 1. The maximum absolute atomic E-state index is 11.3. The second kappa shape index (κ2) is 4.36. The van der Waals surface area contributed by atoms with E-state index in [4.69, 9.17) is 2.74 Å². The molecule has 0 saturated heterocycles. The third-order valence-corrected chi connectivity index (χ3v) is 1.42. The molecule has 1 rings (SSSR count). The van der Waals surface area contributed by atoms with Crippen molar-refractivity contribution >= 4 is 11.7 Å². The topological polar surface area (TPSA) is 69.4 Å². The summed E-state index contributed by atoms with van der Waals surface area (Å²) >= 11 is 0. The first-order valence-corrected chi connectivity index (χ1v) is 3.90. The van der Waals surface area contributed by atoms with Crippen molar-refractivity contribution in [2.45, 2.75) is 6.92 Å². The maximum Gasteiger partial charge on any atom is 0.338 e. The summed E-state index contributed by atoms with van der Waals surface area (Å²) in [7, 11) is 0. The van der Waals surface area contributed by atoms with Crippen molar-refractivity contribution in [3.63, 3.8) is 0 Å². The Morgan fingerprint density at radius 1 is 1.64 bits per heavy atom. The van der Waals surface area contributed by atoms with Crippen LogP contribution in [0.5, 0.6) is 0 Å². The monoisotopic (exact) mass is 197 g/mol. The Hall–Kier alpha value is -1.91. The lowest BCUT2D eigenvalue weighted by molar-refractivity contribution is -0.384. The predicted molar refractivity (Wildman–Crippen MR) is 49.1 cm³/mol. The van der Waals surface area contributed by atoms with Crippen molar-refractivity contribution in [2.24, 2.45) is 0 Å². The molecule has 0 aliphatic rings. The van der Waals surface area contributed by atoms with Gasteiger partial charge in [0, 0.05) is 12.1 Å². The van der Waals surface area contributed by atoms with Gasteiger partial charge < -0.3 is 4.74 Å². The zero-order valence-electron chi connectivity index (χ0n) is 9.44. The number of carbonyl (C=O) groups is 1. The van der Waals surface area contributed by atoms with E-state index >= 15 is 0 Å². The summed E-state index contributed by atoms with van der Waals surface area (Å²) in [5.74, 6) is -0.813. The van der Waals surface area contributed by atoms with Gasteiger partial charge in [-0.25, -0.2) is 4.79 Å². The highest BCUT2D eigenvalue weighted by Gasteiger charge is 2.09. The van der Waals surface area contributed by atoms with Gasteiger partial charge in [0.2, 0.25) is 0 Å². The third kappa shape index (κ3) is 2.29. The van der Waals surface area contributed by atoms with Gasteiger partial charge in [0.25, 0.3) is 5.69 Å². The molecule has 0 spiro atoms. The minimum Gasteiger partial charge on any atom is -0.462 e. The summed E-state index contributed by atoms with van der Waals surface area (Å²) in [6.07, 6.45) is 0.